The number of nitrogens with zero attached hydrogens (tertiary/aromatic N) is 1. The average molecular weight is 409 g/mol. The summed E-state index contributed by atoms with van der Waals surface area (Å²) in [4.78, 5) is 15.6. The van der Waals surface area contributed by atoms with Gasteiger partial charge in [-0.2, -0.15) is 0 Å². The van der Waals surface area contributed by atoms with Crippen molar-refractivity contribution in [3.05, 3.63) is 71.8 Å². The third-order valence-corrected chi connectivity index (χ3v) is 6.93. The third kappa shape index (κ3) is 2.68. The summed E-state index contributed by atoms with van der Waals surface area (Å²) in [6.07, 6.45) is 1.74. The summed E-state index contributed by atoms with van der Waals surface area (Å²) in [6, 6.07) is 17.8. The van der Waals surface area contributed by atoms with Gasteiger partial charge < -0.3 is 19.3 Å². The van der Waals surface area contributed by atoms with E-state index in [-0.39, 0.29) is 6.61 Å². The van der Waals surface area contributed by atoms with Crippen LogP contribution in [-0.4, -0.2) is 52.8 Å². The molecular weight excluding hydrogens is 382 g/mol. The molecule has 6 heteroatoms. The molecule has 158 valence electrons. The van der Waals surface area contributed by atoms with E-state index in [1.165, 1.54) is 0 Å². The molecule has 0 aromatic heterocycles. The van der Waals surface area contributed by atoms with E-state index in [1.807, 2.05) is 12.1 Å². The second-order valence-corrected chi connectivity index (χ2v) is 9.01. The Bertz CT molecular complexity index is 887. The molecule has 3 saturated heterocycles. The minimum atomic E-state index is -1.89. The summed E-state index contributed by atoms with van der Waals surface area (Å²) in [6.45, 7) is 5.10. The van der Waals surface area contributed by atoms with Gasteiger partial charge in [-0.1, -0.05) is 60.7 Å². The van der Waals surface area contributed by atoms with Crippen molar-refractivity contribution in [3.63, 3.8) is 0 Å². The SMILES string of the molecule is C[C@@]12CC[C@]3(C)OCC(COC(=O)C(O)(c4ccccc4)c4ccccc4)(CO1)N23. The Morgan fingerprint density at radius 2 is 1.43 bits per heavy atom. The second kappa shape index (κ2) is 6.62. The molecule has 3 aliphatic heterocycles. The summed E-state index contributed by atoms with van der Waals surface area (Å²) < 4.78 is 18.1. The Morgan fingerprint density at radius 1 is 0.967 bits per heavy atom. The second-order valence-electron chi connectivity index (χ2n) is 9.01. The highest BCUT2D eigenvalue weighted by Crippen LogP contribution is 2.55. The fraction of sp³-hybridized carbons (Fsp3) is 0.458. The molecule has 2 aromatic carbocycles. The molecule has 2 aromatic rings. The predicted molar refractivity (Wildman–Crippen MR) is 109 cm³/mol. The molecule has 5 rings (SSSR count). The minimum absolute atomic E-state index is 0.0962. The van der Waals surface area contributed by atoms with Crippen molar-refractivity contribution in [2.45, 2.75) is 49.3 Å². The first kappa shape index (κ1) is 19.7. The van der Waals surface area contributed by atoms with Crippen molar-refractivity contribution in [1.82, 2.24) is 4.90 Å². The summed E-state index contributed by atoms with van der Waals surface area (Å²) in [5.41, 5.74) is -2.31. The Morgan fingerprint density at radius 3 is 1.90 bits per heavy atom. The van der Waals surface area contributed by atoms with E-state index in [0.29, 0.717) is 24.3 Å². The molecule has 0 unspecified atom stereocenters. The number of ether oxygens (including phenoxy) is 3. The molecule has 0 saturated carbocycles. The maximum atomic E-state index is 13.4. The van der Waals surface area contributed by atoms with Crippen LogP contribution in [0.15, 0.2) is 60.7 Å². The number of rotatable bonds is 5. The molecule has 0 bridgehead atoms. The molecule has 0 radical (unpaired) electrons. The van der Waals surface area contributed by atoms with E-state index in [0.717, 1.165) is 12.8 Å². The van der Waals surface area contributed by atoms with Crippen LogP contribution in [-0.2, 0) is 24.6 Å². The van der Waals surface area contributed by atoms with Crippen LogP contribution in [0.3, 0.4) is 0 Å². The Kier molecular flexibility index (Phi) is 4.35. The van der Waals surface area contributed by atoms with Gasteiger partial charge in [0.15, 0.2) is 0 Å². The number of esters is 1. The van der Waals surface area contributed by atoms with Crippen molar-refractivity contribution in [2.75, 3.05) is 19.8 Å². The molecular formula is C24H27NO5. The van der Waals surface area contributed by atoms with Crippen LogP contribution in [0, 0.1) is 0 Å². The molecule has 1 N–H and O–H groups in total. The average Bonchev–Trinajstić information content (AvgIpc) is 3.36. The van der Waals surface area contributed by atoms with Gasteiger partial charge in [0.1, 0.15) is 23.6 Å². The van der Waals surface area contributed by atoms with Crippen molar-refractivity contribution in [2.24, 2.45) is 0 Å². The number of benzene rings is 2. The van der Waals surface area contributed by atoms with E-state index < -0.39 is 28.6 Å². The summed E-state index contributed by atoms with van der Waals surface area (Å²) in [5, 5.41) is 11.6. The van der Waals surface area contributed by atoms with E-state index in [2.05, 4.69) is 18.7 Å². The largest absolute Gasteiger partial charge is 0.461 e. The lowest BCUT2D eigenvalue weighted by Gasteiger charge is -2.38. The topological polar surface area (TPSA) is 68.2 Å². The van der Waals surface area contributed by atoms with Crippen molar-refractivity contribution in [1.29, 1.82) is 0 Å². The van der Waals surface area contributed by atoms with Crippen LogP contribution in [0.1, 0.15) is 37.8 Å². The lowest BCUT2D eigenvalue weighted by molar-refractivity contribution is -0.166. The smallest absolute Gasteiger partial charge is 0.347 e. The zero-order valence-electron chi connectivity index (χ0n) is 17.3. The number of carbonyl (C=O) groups is 1. The lowest BCUT2D eigenvalue weighted by atomic mass is 9.86. The zero-order valence-corrected chi connectivity index (χ0v) is 17.3. The van der Waals surface area contributed by atoms with Crippen molar-refractivity contribution in [3.8, 4) is 0 Å². The zero-order chi connectivity index (χ0) is 21.0. The molecule has 0 amide bonds. The number of aliphatic hydroxyl groups is 1. The maximum absolute atomic E-state index is 13.4. The highest BCUT2D eigenvalue weighted by Gasteiger charge is 2.69. The van der Waals surface area contributed by atoms with Crippen LogP contribution >= 0.6 is 0 Å². The molecule has 3 fully saturated rings. The van der Waals surface area contributed by atoms with E-state index in [1.54, 1.807) is 48.5 Å². The maximum Gasteiger partial charge on any atom is 0.347 e. The Labute approximate surface area is 176 Å². The lowest BCUT2D eigenvalue weighted by Crippen LogP contribution is -2.57. The third-order valence-electron chi connectivity index (χ3n) is 6.93. The molecule has 30 heavy (non-hydrogen) atoms. The van der Waals surface area contributed by atoms with Gasteiger partial charge in [-0.3, -0.25) is 0 Å². The van der Waals surface area contributed by atoms with Gasteiger partial charge in [0.2, 0.25) is 5.60 Å². The van der Waals surface area contributed by atoms with Gasteiger partial charge in [-0.05, 0) is 37.8 Å². The molecule has 0 spiro atoms. The van der Waals surface area contributed by atoms with E-state index in [9.17, 15) is 9.90 Å². The van der Waals surface area contributed by atoms with Crippen LogP contribution in [0.5, 0.6) is 0 Å². The van der Waals surface area contributed by atoms with Gasteiger partial charge in [0.25, 0.3) is 0 Å². The van der Waals surface area contributed by atoms with Crippen LogP contribution in [0.4, 0.5) is 0 Å². The molecule has 3 aliphatic rings. The first-order chi connectivity index (χ1) is 14.3. The monoisotopic (exact) mass is 409 g/mol. The fourth-order valence-electron chi connectivity index (χ4n) is 5.43. The van der Waals surface area contributed by atoms with E-state index >= 15 is 0 Å². The van der Waals surface area contributed by atoms with E-state index in [4.69, 9.17) is 14.2 Å². The van der Waals surface area contributed by atoms with Crippen LogP contribution in [0.2, 0.25) is 0 Å². The molecule has 3 heterocycles. The first-order valence-corrected chi connectivity index (χ1v) is 10.4. The van der Waals surface area contributed by atoms with Gasteiger partial charge in [-0.25, -0.2) is 9.69 Å². The predicted octanol–water partition coefficient (Wildman–Crippen LogP) is 2.79. The summed E-state index contributed by atoms with van der Waals surface area (Å²) >= 11 is 0. The highest BCUT2D eigenvalue weighted by atomic mass is 16.6. The first-order valence-electron chi connectivity index (χ1n) is 10.4. The fourth-order valence-corrected chi connectivity index (χ4v) is 5.43. The highest BCUT2D eigenvalue weighted by molar-refractivity contribution is 5.85. The van der Waals surface area contributed by atoms with Crippen LogP contribution < -0.4 is 0 Å². The minimum Gasteiger partial charge on any atom is -0.461 e. The molecule has 6 nitrogen and oxygen atoms in total. The Hall–Kier alpha value is -2.25. The summed E-state index contributed by atoms with van der Waals surface area (Å²) in [5.74, 6) is -0.698. The standard InChI is InChI=1S/C24H27NO5/c1-21-13-14-22(2)25(21)23(16-29-21,17-30-22)15-28-20(26)24(27,18-9-5-3-6-10-18)19-11-7-4-8-12-19/h3-12,27H,13-17H2,1-2H3/t21-,22-/m0/s1. The van der Waals surface area contributed by atoms with Crippen molar-refractivity contribution >= 4 is 5.97 Å². The number of carbonyl (C=O) groups excluding carboxylic acids is 1. The molecule has 0 aliphatic carbocycles. The molecule has 2 atom stereocenters. The quantitative estimate of drug-likeness (QED) is 0.766. The van der Waals surface area contributed by atoms with Gasteiger partial charge in [-0.15, -0.1) is 0 Å². The summed E-state index contributed by atoms with van der Waals surface area (Å²) in [7, 11) is 0. The normalized spacial score (nSPS) is 32.9. The van der Waals surface area contributed by atoms with Gasteiger partial charge in [0.05, 0.1) is 13.2 Å². The van der Waals surface area contributed by atoms with Crippen LogP contribution in [0.25, 0.3) is 0 Å². The number of hydrogen-bond acceptors (Lipinski definition) is 6. The van der Waals surface area contributed by atoms with Gasteiger partial charge in [0, 0.05) is 0 Å². The van der Waals surface area contributed by atoms with Gasteiger partial charge >= 0.3 is 5.97 Å². The number of hydrogen-bond donors (Lipinski definition) is 1. The van der Waals surface area contributed by atoms with Crippen molar-refractivity contribution < 1.29 is 24.1 Å². The Balaban J connectivity index is 1.44.